The van der Waals surface area contributed by atoms with E-state index in [2.05, 4.69) is 4.72 Å². The number of hydrogen-bond acceptors (Lipinski definition) is 5. The molecule has 0 bridgehead atoms. The number of hydrogen-bond donors (Lipinski definition) is 2. The van der Waals surface area contributed by atoms with Crippen LogP contribution in [0.1, 0.15) is 26.2 Å². The predicted octanol–water partition coefficient (Wildman–Crippen LogP) is 1.13. The van der Waals surface area contributed by atoms with Crippen molar-refractivity contribution in [2.45, 2.75) is 42.5 Å². The van der Waals surface area contributed by atoms with Gasteiger partial charge in [-0.15, -0.1) is 11.3 Å². The zero-order chi connectivity index (χ0) is 17.5. The zero-order valence-electron chi connectivity index (χ0n) is 13.2. The molecule has 1 aromatic heterocycles. The van der Waals surface area contributed by atoms with Gasteiger partial charge in [0.05, 0.1) is 6.04 Å². The molecule has 1 saturated heterocycles. The highest BCUT2D eigenvalue weighted by Crippen LogP contribution is 2.42. The van der Waals surface area contributed by atoms with Gasteiger partial charge in [0.25, 0.3) is 10.0 Å². The fourth-order valence-electron chi connectivity index (χ4n) is 3.86. The number of carboxylic acid groups (broad SMARTS) is 1. The highest BCUT2D eigenvalue weighted by Gasteiger charge is 2.50. The van der Waals surface area contributed by atoms with Gasteiger partial charge in [-0.25, -0.2) is 13.2 Å². The number of fused-ring (bicyclic) bond motifs is 1. The van der Waals surface area contributed by atoms with Gasteiger partial charge in [0, 0.05) is 6.54 Å². The second-order valence-corrected chi connectivity index (χ2v) is 9.29. The van der Waals surface area contributed by atoms with Crippen LogP contribution in [0.25, 0.3) is 0 Å². The average Bonchev–Trinajstić information content (AvgIpc) is 3.21. The highest BCUT2D eigenvalue weighted by atomic mass is 32.2. The summed E-state index contributed by atoms with van der Waals surface area (Å²) in [6.45, 7) is 1.85. The second-order valence-electron chi connectivity index (χ2n) is 6.40. The Hall–Kier alpha value is -1.45. The molecule has 1 aliphatic heterocycles. The molecule has 132 valence electrons. The third-order valence-electron chi connectivity index (χ3n) is 4.89. The minimum Gasteiger partial charge on any atom is -0.480 e. The molecule has 1 aromatic rings. The number of amides is 1. The van der Waals surface area contributed by atoms with Gasteiger partial charge >= 0.3 is 5.97 Å². The number of rotatable bonds is 5. The van der Waals surface area contributed by atoms with Crippen molar-refractivity contribution in [1.29, 1.82) is 0 Å². The summed E-state index contributed by atoms with van der Waals surface area (Å²) >= 11 is 1.07. The largest absolute Gasteiger partial charge is 0.480 e. The van der Waals surface area contributed by atoms with Gasteiger partial charge < -0.3 is 10.0 Å². The predicted molar refractivity (Wildman–Crippen MR) is 88.1 cm³/mol. The molecule has 7 nitrogen and oxygen atoms in total. The summed E-state index contributed by atoms with van der Waals surface area (Å²) in [5, 5.41) is 11.2. The number of carboxylic acids is 1. The van der Waals surface area contributed by atoms with Crippen LogP contribution in [0.5, 0.6) is 0 Å². The summed E-state index contributed by atoms with van der Waals surface area (Å²) in [6.07, 6.45) is 2.72. The van der Waals surface area contributed by atoms with Crippen molar-refractivity contribution in [3.8, 4) is 0 Å². The standard InChI is InChI=1S/C15H20N2O5S2/c1-9(16-24(21,22)12-6-3-7-23-12)14(18)17-8-10-4-2-5-11(10)13(17)15(19)20/h3,6-7,9-11,13,16H,2,4-5,8H2,1H3,(H,19,20). The molecule has 24 heavy (non-hydrogen) atoms. The van der Waals surface area contributed by atoms with E-state index < -0.39 is 34.0 Å². The number of aliphatic carboxylic acids is 1. The molecule has 1 amide bonds. The minimum atomic E-state index is -3.77. The van der Waals surface area contributed by atoms with Crippen molar-refractivity contribution >= 4 is 33.2 Å². The van der Waals surface area contributed by atoms with Crippen LogP contribution < -0.4 is 4.72 Å². The SMILES string of the molecule is CC(NS(=O)(=O)c1cccs1)C(=O)N1CC2CCCC2C1C(=O)O. The van der Waals surface area contributed by atoms with Crippen molar-refractivity contribution in [2.24, 2.45) is 11.8 Å². The minimum absolute atomic E-state index is 0.0208. The normalized spacial score (nSPS) is 27.9. The molecular weight excluding hydrogens is 352 g/mol. The van der Waals surface area contributed by atoms with E-state index in [0.29, 0.717) is 6.54 Å². The van der Waals surface area contributed by atoms with Gasteiger partial charge in [-0.1, -0.05) is 12.5 Å². The summed E-state index contributed by atoms with van der Waals surface area (Å²) in [5.74, 6) is -1.30. The number of thiophene rings is 1. The molecule has 1 aliphatic carbocycles. The quantitative estimate of drug-likeness (QED) is 0.806. The first-order valence-electron chi connectivity index (χ1n) is 7.90. The Balaban J connectivity index is 1.75. The number of likely N-dealkylation sites (tertiary alicyclic amines) is 1. The van der Waals surface area contributed by atoms with Crippen LogP contribution in [0.4, 0.5) is 0 Å². The van der Waals surface area contributed by atoms with Crippen molar-refractivity contribution in [3.63, 3.8) is 0 Å². The number of nitrogens with zero attached hydrogens (tertiary/aromatic N) is 1. The summed E-state index contributed by atoms with van der Waals surface area (Å²) in [7, 11) is -3.77. The summed E-state index contributed by atoms with van der Waals surface area (Å²) in [4.78, 5) is 25.6. The fraction of sp³-hybridized carbons (Fsp3) is 0.600. The second kappa shape index (κ2) is 6.45. The number of sulfonamides is 1. The lowest BCUT2D eigenvalue weighted by molar-refractivity contribution is -0.150. The van der Waals surface area contributed by atoms with Gasteiger partial charge in [-0.05, 0) is 43.0 Å². The van der Waals surface area contributed by atoms with Gasteiger partial charge in [0.15, 0.2) is 0 Å². The summed E-state index contributed by atoms with van der Waals surface area (Å²) in [6, 6.07) is 1.23. The van der Waals surface area contributed by atoms with Crippen LogP contribution in [-0.2, 0) is 19.6 Å². The Morgan fingerprint density at radius 1 is 1.42 bits per heavy atom. The van der Waals surface area contributed by atoms with Gasteiger partial charge in [0.2, 0.25) is 5.91 Å². The molecular formula is C15H20N2O5S2. The molecule has 4 unspecified atom stereocenters. The Kier molecular flexibility index (Phi) is 4.67. The van der Waals surface area contributed by atoms with E-state index in [-0.39, 0.29) is 16.0 Å². The van der Waals surface area contributed by atoms with Gasteiger partial charge in [-0.3, -0.25) is 4.79 Å². The van der Waals surface area contributed by atoms with E-state index in [1.807, 2.05) is 0 Å². The molecule has 0 aromatic carbocycles. The molecule has 0 radical (unpaired) electrons. The van der Waals surface area contributed by atoms with Crippen molar-refractivity contribution in [1.82, 2.24) is 9.62 Å². The van der Waals surface area contributed by atoms with E-state index in [1.54, 1.807) is 11.4 Å². The van der Waals surface area contributed by atoms with Crippen LogP contribution in [0.2, 0.25) is 0 Å². The molecule has 2 N–H and O–H groups in total. The Morgan fingerprint density at radius 2 is 2.17 bits per heavy atom. The van der Waals surface area contributed by atoms with E-state index in [4.69, 9.17) is 0 Å². The first kappa shape index (κ1) is 17.4. The maximum Gasteiger partial charge on any atom is 0.326 e. The van der Waals surface area contributed by atoms with Gasteiger partial charge in [-0.2, -0.15) is 4.72 Å². The number of carbonyl (C=O) groups excluding carboxylic acids is 1. The topological polar surface area (TPSA) is 104 Å². The van der Waals surface area contributed by atoms with E-state index >= 15 is 0 Å². The number of nitrogens with one attached hydrogen (secondary N) is 1. The lowest BCUT2D eigenvalue weighted by Gasteiger charge is -2.27. The lowest BCUT2D eigenvalue weighted by atomic mass is 9.94. The fourth-order valence-corrected chi connectivity index (χ4v) is 6.06. The smallest absolute Gasteiger partial charge is 0.326 e. The highest BCUT2D eigenvalue weighted by molar-refractivity contribution is 7.91. The molecule has 0 spiro atoms. The van der Waals surface area contributed by atoms with E-state index in [1.165, 1.54) is 17.9 Å². The average molecular weight is 372 g/mol. The molecule has 2 fully saturated rings. The molecule has 1 saturated carbocycles. The van der Waals surface area contributed by atoms with E-state index in [9.17, 15) is 23.1 Å². The zero-order valence-corrected chi connectivity index (χ0v) is 14.8. The Labute approximate surface area is 144 Å². The maximum atomic E-state index is 12.7. The summed E-state index contributed by atoms with van der Waals surface area (Å²) in [5.41, 5.74) is 0. The van der Waals surface area contributed by atoms with Crippen LogP contribution in [-0.4, -0.2) is 48.9 Å². The van der Waals surface area contributed by atoms with Crippen LogP contribution in [0, 0.1) is 11.8 Å². The van der Waals surface area contributed by atoms with Crippen LogP contribution >= 0.6 is 11.3 Å². The van der Waals surface area contributed by atoms with Crippen molar-refractivity contribution in [2.75, 3.05) is 6.54 Å². The Morgan fingerprint density at radius 3 is 2.79 bits per heavy atom. The van der Waals surface area contributed by atoms with Crippen molar-refractivity contribution < 1.29 is 23.1 Å². The molecule has 9 heteroatoms. The third kappa shape index (κ3) is 3.07. The lowest BCUT2D eigenvalue weighted by Crippen LogP contribution is -2.51. The maximum absolute atomic E-state index is 12.7. The molecule has 2 heterocycles. The van der Waals surface area contributed by atoms with Gasteiger partial charge in [0.1, 0.15) is 10.3 Å². The monoisotopic (exact) mass is 372 g/mol. The molecule has 2 aliphatic rings. The first-order valence-corrected chi connectivity index (χ1v) is 10.3. The molecule has 4 atom stereocenters. The number of carbonyl (C=O) groups is 2. The first-order chi connectivity index (χ1) is 11.3. The molecule has 3 rings (SSSR count). The van der Waals surface area contributed by atoms with E-state index in [0.717, 1.165) is 30.6 Å². The van der Waals surface area contributed by atoms with Crippen molar-refractivity contribution in [3.05, 3.63) is 17.5 Å². The van der Waals surface area contributed by atoms with Crippen LogP contribution in [0.15, 0.2) is 21.7 Å². The van der Waals surface area contributed by atoms with Crippen LogP contribution in [0.3, 0.4) is 0 Å². The summed E-state index contributed by atoms with van der Waals surface area (Å²) < 4.78 is 27.0. The third-order valence-corrected chi connectivity index (χ3v) is 7.83. The Bertz CT molecular complexity index is 731.